The maximum absolute atomic E-state index is 13.2. The van der Waals surface area contributed by atoms with Gasteiger partial charge in [0, 0.05) is 24.4 Å². The van der Waals surface area contributed by atoms with Crippen molar-refractivity contribution in [3.8, 4) is 17.0 Å². The molecule has 0 aliphatic heterocycles. The third kappa shape index (κ3) is 3.39. The average Bonchev–Trinajstić information content (AvgIpc) is 3.18. The number of methoxy groups -OCH3 is 1. The fourth-order valence-corrected chi connectivity index (χ4v) is 7.30. The van der Waals surface area contributed by atoms with Crippen molar-refractivity contribution in [2.75, 3.05) is 12.4 Å². The summed E-state index contributed by atoms with van der Waals surface area (Å²) in [6, 6.07) is 10.0. The standard InChI is InChI=1S/C27H31N3O2/c1-17-4-3-7-30-16-23(29-26(17)30)21-5-6-24(32-2)22(11-21)28-25(31)15-27-12-18-8-19(13-27)10-20(9-18)14-27/h3-7,11,16,18-20H,8-10,12-15H2,1-2H3,(H,28,31). The monoisotopic (exact) mass is 429 g/mol. The van der Waals surface area contributed by atoms with Gasteiger partial charge < -0.3 is 14.5 Å². The molecule has 2 heterocycles. The lowest BCUT2D eigenvalue weighted by atomic mass is 9.49. The highest BCUT2D eigenvalue weighted by Gasteiger charge is 2.51. The normalized spacial score (nSPS) is 28.2. The molecule has 4 saturated carbocycles. The zero-order valence-corrected chi connectivity index (χ0v) is 18.9. The van der Waals surface area contributed by atoms with Gasteiger partial charge in [-0.05, 0) is 98.4 Å². The van der Waals surface area contributed by atoms with Crippen LogP contribution in [0.4, 0.5) is 5.69 Å². The second-order valence-electron chi connectivity index (χ2n) is 10.6. The lowest BCUT2D eigenvalue weighted by Crippen LogP contribution is -2.47. The van der Waals surface area contributed by atoms with Crippen LogP contribution in [0.2, 0.25) is 0 Å². The number of fused-ring (bicyclic) bond motifs is 1. The average molecular weight is 430 g/mol. The molecule has 0 unspecified atom stereocenters. The van der Waals surface area contributed by atoms with E-state index in [2.05, 4.69) is 18.3 Å². The first kappa shape index (κ1) is 19.8. The van der Waals surface area contributed by atoms with Crippen LogP contribution in [0.1, 0.15) is 50.5 Å². The van der Waals surface area contributed by atoms with Gasteiger partial charge in [0.15, 0.2) is 0 Å². The maximum Gasteiger partial charge on any atom is 0.225 e. The Morgan fingerprint density at radius 2 is 1.88 bits per heavy atom. The Balaban J connectivity index is 1.25. The number of hydrogen-bond acceptors (Lipinski definition) is 3. The number of imidazole rings is 1. The minimum absolute atomic E-state index is 0.119. The van der Waals surface area contributed by atoms with Gasteiger partial charge in [0.2, 0.25) is 5.91 Å². The number of anilines is 1. The number of pyridine rings is 1. The highest BCUT2D eigenvalue weighted by Crippen LogP contribution is 2.61. The number of nitrogens with one attached hydrogen (secondary N) is 1. The van der Waals surface area contributed by atoms with Gasteiger partial charge in [-0.2, -0.15) is 0 Å². The van der Waals surface area contributed by atoms with Crippen molar-refractivity contribution >= 4 is 17.2 Å². The van der Waals surface area contributed by atoms with E-state index in [1.165, 1.54) is 38.5 Å². The molecule has 1 N–H and O–H groups in total. The molecule has 0 atom stereocenters. The van der Waals surface area contributed by atoms with E-state index in [1.807, 2.05) is 41.1 Å². The number of ether oxygens (including phenoxy) is 1. The molecule has 0 saturated heterocycles. The fraction of sp³-hybridized carbons (Fsp3) is 0.481. The largest absolute Gasteiger partial charge is 0.495 e. The molecule has 4 aliphatic carbocycles. The van der Waals surface area contributed by atoms with E-state index in [9.17, 15) is 4.79 Å². The summed E-state index contributed by atoms with van der Waals surface area (Å²) >= 11 is 0. The molecule has 1 aromatic carbocycles. The van der Waals surface area contributed by atoms with Crippen LogP contribution < -0.4 is 10.1 Å². The van der Waals surface area contributed by atoms with Gasteiger partial charge in [-0.25, -0.2) is 4.98 Å². The first-order valence-corrected chi connectivity index (χ1v) is 11.9. The van der Waals surface area contributed by atoms with Crippen LogP contribution in [0.3, 0.4) is 0 Å². The van der Waals surface area contributed by atoms with Gasteiger partial charge in [-0.15, -0.1) is 0 Å². The molecule has 7 rings (SSSR count). The van der Waals surface area contributed by atoms with Crippen LogP contribution in [0, 0.1) is 30.1 Å². The van der Waals surface area contributed by atoms with Gasteiger partial charge in [0.1, 0.15) is 11.4 Å². The van der Waals surface area contributed by atoms with Crippen molar-refractivity contribution in [3.05, 3.63) is 48.3 Å². The first-order chi connectivity index (χ1) is 15.5. The summed E-state index contributed by atoms with van der Waals surface area (Å²) in [6.45, 7) is 2.07. The van der Waals surface area contributed by atoms with E-state index in [4.69, 9.17) is 9.72 Å². The van der Waals surface area contributed by atoms with Gasteiger partial charge in [0.25, 0.3) is 0 Å². The lowest BCUT2D eigenvalue weighted by Gasteiger charge is -2.56. The third-order valence-electron chi connectivity index (χ3n) is 8.15. The fourth-order valence-electron chi connectivity index (χ4n) is 7.30. The van der Waals surface area contributed by atoms with Crippen molar-refractivity contribution in [1.29, 1.82) is 0 Å². The number of hydrogen-bond donors (Lipinski definition) is 1. The van der Waals surface area contributed by atoms with Gasteiger partial charge in [0.05, 0.1) is 18.5 Å². The van der Waals surface area contributed by atoms with Crippen molar-refractivity contribution < 1.29 is 9.53 Å². The molecular formula is C27H31N3O2. The summed E-state index contributed by atoms with van der Waals surface area (Å²) in [5.74, 6) is 3.36. The summed E-state index contributed by atoms with van der Waals surface area (Å²) < 4.78 is 7.61. The van der Waals surface area contributed by atoms with E-state index < -0.39 is 0 Å². The topological polar surface area (TPSA) is 55.6 Å². The van der Waals surface area contributed by atoms with Gasteiger partial charge >= 0.3 is 0 Å². The Morgan fingerprint density at radius 3 is 2.53 bits per heavy atom. The molecule has 4 bridgehead atoms. The number of carbonyl (C=O) groups is 1. The minimum Gasteiger partial charge on any atom is -0.495 e. The molecule has 4 fully saturated rings. The smallest absolute Gasteiger partial charge is 0.225 e. The Kier molecular flexibility index (Phi) is 4.56. The quantitative estimate of drug-likeness (QED) is 0.552. The number of amides is 1. The summed E-state index contributed by atoms with van der Waals surface area (Å²) in [7, 11) is 1.65. The first-order valence-electron chi connectivity index (χ1n) is 11.9. The minimum atomic E-state index is 0.119. The van der Waals surface area contributed by atoms with Gasteiger partial charge in [-0.3, -0.25) is 4.79 Å². The van der Waals surface area contributed by atoms with E-state index in [1.54, 1.807) is 7.11 Å². The zero-order valence-electron chi connectivity index (χ0n) is 18.9. The Labute approximate surface area is 189 Å². The van der Waals surface area contributed by atoms with E-state index in [0.717, 1.165) is 45.9 Å². The lowest BCUT2D eigenvalue weighted by molar-refractivity contribution is -0.124. The summed E-state index contributed by atoms with van der Waals surface area (Å²) in [6.07, 6.45) is 12.6. The SMILES string of the molecule is COc1ccc(-c2cn3cccc(C)c3n2)cc1NC(=O)CC12CC3CC(CC(C3)C1)C2. The number of rotatable bonds is 5. The Hall–Kier alpha value is -2.82. The molecule has 5 nitrogen and oxygen atoms in total. The molecule has 4 aliphatic rings. The Morgan fingerprint density at radius 1 is 1.16 bits per heavy atom. The zero-order chi connectivity index (χ0) is 21.9. The van der Waals surface area contributed by atoms with Gasteiger partial charge in [-0.1, -0.05) is 6.07 Å². The molecule has 0 radical (unpaired) electrons. The number of aromatic nitrogens is 2. The van der Waals surface area contributed by atoms with Crippen molar-refractivity contribution in [3.63, 3.8) is 0 Å². The molecule has 166 valence electrons. The molecule has 0 spiro atoms. The molecule has 3 aromatic rings. The number of benzene rings is 1. The highest BCUT2D eigenvalue weighted by molar-refractivity contribution is 5.93. The van der Waals surface area contributed by atoms with Crippen LogP contribution in [0.25, 0.3) is 16.9 Å². The van der Waals surface area contributed by atoms with Crippen LogP contribution >= 0.6 is 0 Å². The second-order valence-corrected chi connectivity index (χ2v) is 10.6. The van der Waals surface area contributed by atoms with Crippen LogP contribution in [-0.4, -0.2) is 22.4 Å². The molecule has 32 heavy (non-hydrogen) atoms. The molecule has 1 amide bonds. The van der Waals surface area contributed by atoms with E-state index in [0.29, 0.717) is 12.2 Å². The summed E-state index contributed by atoms with van der Waals surface area (Å²) in [5, 5.41) is 3.19. The third-order valence-corrected chi connectivity index (χ3v) is 8.15. The molecule has 2 aromatic heterocycles. The van der Waals surface area contributed by atoms with Crippen LogP contribution in [0.15, 0.2) is 42.7 Å². The van der Waals surface area contributed by atoms with Crippen molar-refractivity contribution in [2.24, 2.45) is 23.2 Å². The summed E-state index contributed by atoms with van der Waals surface area (Å²) in [4.78, 5) is 18.0. The Bertz CT molecular complexity index is 1160. The molecular weight excluding hydrogens is 398 g/mol. The van der Waals surface area contributed by atoms with Crippen LogP contribution in [-0.2, 0) is 4.79 Å². The van der Waals surface area contributed by atoms with E-state index >= 15 is 0 Å². The second kappa shape index (κ2) is 7.36. The predicted octanol–water partition coefficient (Wildman–Crippen LogP) is 5.86. The maximum atomic E-state index is 13.2. The van der Waals surface area contributed by atoms with Crippen molar-refractivity contribution in [1.82, 2.24) is 9.38 Å². The highest BCUT2D eigenvalue weighted by atomic mass is 16.5. The molecule has 5 heteroatoms. The number of nitrogens with zero attached hydrogens (tertiary/aromatic N) is 2. The summed E-state index contributed by atoms with van der Waals surface area (Å²) in [5.41, 5.74) is 4.90. The van der Waals surface area contributed by atoms with E-state index in [-0.39, 0.29) is 11.3 Å². The number of aryl methyl sites for hydroxylation is 1. The predicted molar refractivity (Wildman–Crippen MR) is 126 cm³/mol. The van der Waals surface area contributed by atoms with Crippen molar-refractivity contribution in [2.45, 2.75) is 51.9 Å². The van der Waals surface area contributed by atoms with Crippen LogP contribution in [0.5, 0.6) is 5.75 Å². The number of carbonyl (C=O) groups excluding carboxylic acids is 1.